The minimum atomic E-state index is 0.512. The molecule has 0 radical (unpaired) electrons. The Morgan fingerprint density at radius 3 is 2.88 bits per heavy atom. The SMILES string of the molecule is Cc1nn2ccc(C3CCCN(Cc4ccccc4)C3)nc2c1I. The molecule has 0 spiro atoms. The highest BCUT2D eigenvalue weighted by atomic mass is 127. The van der Waals surface area contributed by atoms with Crippen molar-refractivity contribution >= 4 is 28.2 Å². The molecule has 0 saturated carbocycles. The van der Waals surface area contributed by atoms with E-state index in [1.807, 2.05) is 11.4 Å². The van der Waals surface area contributed by atoms with Crippen molar-refractivity contribution in [1.29, 1.82) is 0 Å². The van der Waals surface area contributed by atoms with Crippen LogP contribution in [0.4, 0.5) is 0 Å². The van der Waals surface area contributed by atoms with Gasteiger partial charge in [-0.15, -0.1) is 0 Å². The quantitative estimate of drug-likeness (QED) is 0.587. The van der Waals surface area contributed by atoms with Crippen LogP contribution in [-0.2, 0) is 6.54 Å². The molecule has 1 saturated heterocycles. The summed E-state index contributed by atoms with van der Waals surface area (Å²) in [5.74, 6) is 0.512. The zero-order valence-corrected chi connectivity index (χ0v) is 16.0. The van der Waals surface area contributed by atoms with E-state index < -0.39 is 0 Å². The number of hydrogen-bond acceptors (Lipinski definition) is 3. The van der Waals surface area contributed by atoms with Crippen LogP contribution >= 0.6 is 22.6 Å². The summed E-state index contributed by atoms with van der Waals surface area (Å²) in [6, 6.07) is 12.9. The Bertz CT molecular complexity index is 843. The van der Waals surface area contributed by atoms with Gasteiger partial charge in [0.15, 0.2) is 5.65 Å². The van der Waals surface area contributed by atoms with E-state index in [1.54, 1.807) is 0 Å². The van der Waals surface area contributed by atoms with Crippen molar-refractivity contribution in [2.75, 3.05) is 13.1 Å². The molecule has 2 aromatic heterocycles. The van der Waals surface area contributed by atoms with Crippen LogP contribution in [0, 0.1) is 10.5 Å². The molecule has 1 atom stereocenters. The fraction of sp³-hybridized carbons (Fsp3) is 0.368. The lowest BCUT2D eigenvalue weighted by molar-refractivity contribution is 0.198. The Hall–Kier alpha value is -1.47. The first-order valence-corrected chi connectivity index (χ1v) is 9.56. The first-order valence-electron chi connectivity index (χ1n) is 8.48. The number of fused-ring (bicyclic) bond motifs is 1. The van der Waals surface area contributed by atoms with Gasteiger partial charge in [0.1, 0.15) is 0 Å². The summed E-state index contributed by atoms with van der Waals surface area (Å²) < 4.78 is 3.05. The highest BCUT2D eigenvalue weighted by Crippen LogP contribution is 2.27. The monoisotopic (exact) mass is 432 g/mol. The van der Waals surface area contributed by atoms with Gasteiger partial charge in [-0.05, 0) is 60.5 Å². The zero-order chi connectivity index (χ0) is 16.5. The van der Waals surface area contributed by atoms with Crippen LogP contribution in [-0.4, -0.2) is 32.6 Å². The molecule has 1 aromatic carbocycles. The van der Waals surface area contributed by atoms with Crippen LogP contribution in [0.2, 0.25) is 0 Å². The van der Waals surface area contributed by atoms with Crippen molar-refractivity contribution in [2.24, 2.45) is 0 Å². The predicted octanol–water partition coefficient (Wildman–Crippen LogP) is 4.02. The van der Waals surface area contributed by atoms with Gasteiger partial charge in [0.2, 0.25) is 0 Å². The number of nitrogens with zero attached hydrogens (tertiary/aromatic N) is 4. The second-order valence-electron chi connectivity index (χ2n) is 6.58. The minimum Gasteiger partial charge on any atom is -0.298 e. The maximum absolute atomic E-state index is 4.93. The van der Waals surface area contributed by atoms with Crippen molar-refractivity contribution in [3.8, 4) is 0 Å². The van der Waals surface area contributed by atoms with Crippen molar-refractivity contribution in [1.82, 2.24) is 19.5 Å². The summed E-state index contributed by atoms with van der Waals surface area (Å²) in [7, 11) is 0. The van der Waals surface area contributed by atoms with E-state index in [0.717, 1.165) is 28.0 Å². The molecule has 24 heavy (non-hydrogen) atoms. The van der Waals surface area contributed by atoms with Crippen LogP contribution in [0.15, 0.2) is 42.6 Å². The van der Waals surface area contributed by atoms with Gasteiger partial charge in [-0.3, -0.25) is 4.90 Å². The summed E-state index contributed by atoms with van der Waals surface area (Å²) in [4.78, 5) is 7.48. The molecule has 0 N–H and O–H groups in total. The molecule has 0 amide bonds. The largest absolute Gasteiger partial charge is 0.298 e. The third-order valence-corrected chi connectivity index (χ3v) is 6.05. The van der Waals surface area contributed by atoms with E-state index in [0.29, 0.717) is 5.92 Å². The molecule has 1 unspecified atom stereocenters. The van der Waals surface area contributed by atoms with Crippen molar-refractivity contribution < 1.29 is 0 Å². The van der Waals surface area contributed by atoms with Crippen molar-refractivity contribution in [2.45, 2.75) is 32.2 Å². The topological polar surface area (TPSA) is 33.4 Å². The highest BCUT2D eigenvalue weighted by molar-refractivity contribution is 14.1. The molecule has 5 heteroatoms. The van der Waals surface area contributed by atoms with Gasteiger partial charge < -0.3 is 0 Å². The van der Waals surface area contributed by atoms with Gasteiger partial charge in [-0.2, -0.15) is 5.10 Å². The molecule has 1 fully saturated rings. The molecule has 4 rings (SSSR count). The Kier molecular flexibility index (Phi) is 4.54. The lowest BCUT2D eigenvalue weighted by Gasteiger charge is -2.32. The van der Waals surface area contributed by atoms with Crippen LogP contribution in [0.3, 0.4) is 0 Å². The smallest absolute Gasteiger partial charge is 0.168 e. The maximum atomic E-state index is 4.93. The number of aromatic nitrogens is 3. The van der Waals surface area contributed by atoms with Gasteiger partial charge in [0.05, 0.1) is 9.26 Å². The maximum Gasteiger partial charge on any atom is 0.168 e. The van der Waals surface area contributed by atoms with Gasteiger partial charge in [-0.1, -0.05) is 30.3 Å². The fourth-order valence-electron chi connectivity index (χ4n) is 3.54. The summed E-state index contributed by atoms with van der Waals surface area (Å²) in [5, 5.41) is 4.51. The first-order chi connectivity index (χ1) is 11.7. The van der Waals surface area contributed by atoms with E-state index in [2.05, 4.69) is 75.2 Å². The Morgan fingerprint density at radius 1 is 1.21 bits per heavy atom. The summed E-state index contributed by atoms with van der Waals surface area (Å²) in [6.45, 7) is 5.33. The van der Waals surface area contributed by atoms with Crippen LogP contribution < -0.4 is 0 Å². The molecule has 0 aliphatic carbocycles. The van der Waals surface area contributed by atoms with Crippen molar-refractivity contribution in [3.05, 3.63) is 63.1 Å². The van der Waals surface area contributed by atoms with Crippen LogP contribution in [0.25, 0.3) is 5.65 Å². The van der Waals surface area contributed by atoms with Crippen molar-refractivity contribution in [3.63, 3.8) is 0 Å². The first kappa shape index (κ1) is 16.0. The van der Waals surface area contributed by atoms with Gasteiger partial charge in [0.25, 0.3) is 0 Å². The lowest BCUT2D eigenvalue weighted by Crippen LogP contribution is -2.34. The summed E-state index contributed by atoms with van der Waals surface area (Å²) >= 11 is 2.35. The third kappa shape index (κ3) is 3.19. The Labute approximate surface area is 156 Å². The second kappa shape index (κ2) is 6.80. The molecule has 1 aliphatic heterocycles. The molecule has 3 heterocycles. The molecule has 1 aliphatic rings. The predicted molar refractivity (Wildman–Crippen MR) is 104 cm³/mol. The fourth-order valence-corrected chi connectivity index (χ4v) is 4.01. The third-order valence-electron chi connectivity index (χ3n) is 4.78. The molecule has 124 valence electrons. The van der Waals surface area contributed by atoms with Gasteiger partial charge in [0, 0.05) is 30.9 Å². The molecule has 3 aromatic rings. The number of benzene rings is 1. The van der Waals surface area contributed by atoms with Gasteiger partial charge in [-0.25, -0.2) is 9.50 Å². The average Bonchev–Trinajstić information content (AvgIpc) is 2.90. The number of hydrogen-bond donors (Lipinski definition) is 0. The second-order valence-corrected chi connectivity index (χ2v) is 7.66. The Balaban J connectivity index is 1.54. The van der Waals surface area contributed by atoms with E-state index in [4.69, 9.17) is 4.98 Å². The highest BCUT2D eigenvalue weighted by Gasteiger charge is 2.23. The lowest BCUT2D eigenvalue weighted by atomic mass is 9.94. The summed E-state index contributed by atoms with van der Waals surface area (Å²) in [6.07, 6.45) is 4.51. The molecular weight excluding hydrogens is 411 g/mol. The van der Waals surface area contributed by atoms with E-state index in [1.165, 1.54) is 30.6 Å². The average molecular weight is 432 g/mol. The Morgan fingerprint density at radius 2 is 2.04 bits per heavy atom. The van der Waals surface area contributed by atoms with E-state index in [-0.39, 0.29) is 0 Å². The normalized spacial score (nSPS) is 19.0. The number of rotatable bonds is 3. The molecule has 0 bridgehead atoms. The van der Waals surface area contributed by atoms with E-state index >= 15 is 0 Å². The molecule has 4 nitrogen and oxygen atoms in total. The number of likely N-dealkylation sites (tertiary alicyclic amines) is 1. The standard InChI is InChI=1S/C19H21IN4/c1-14-18(20)19-21-17(9-11-24(19)22-14)16-8-5-10-23(13-16)12-15-6-3-2-4-7-15/h2-4,6-7,9,11,16H,5,8,10,12-13H2,1H3. The van der Waals surface area contributed by atoms with Crippen LogP contribution in [0.5, 0.6) is 0 Å². The zero-order valence-electron chi connectivity index (χ0n) is 13.8. The van der Waals surface area contributed by atoms with Crippen LogP contribution in [0.1, 0.15) is 35.7 Å². The number of piperidine rings is 1. The van der Waals surface area contributed by atoms with E-state index in [9.17, 15) is 0 Å². The van der Waals surface area contributed by atoms with Gasteiger partial charge >= 0.3 is 0 Å². The molecular formula is C19H21IN4. The number of halogens is 1. The minimum absolute atomic E-state index is 0.512. The number of aryl methyl sites for hydroxylation is 1. The summed E-state index contributed by atoms with van der Waals surface area (Å²) in [5.41, 5.74) is 4.64.